The van der Waals surface area contributed by atoms with Crippen LogP contribution in [-0.4, -0.2) is 51.9 Å². The molecule has 1 aliphatic heterocycles. The van der Waals surface area contributed by atoms with E-state index in [2.05, 4.69) is 10.7 Å². The number of nitrogens with one attached hydrogen (secondary N) is 2. The largest absolute Gasteiger partial charge is 0.507 e. The SMILES string of the molecule is Cc1cccc(C)c1NC(=O)c1cc(S(N)(=O)=O)c(Cl)cc1O.NS(=O)(=O)c1cc(C(=O)NN2C[C@@H]3[C@H]4CC[C@H](C4)[C@@H]3C2)ccc1Cl. The van der Waals surface area contributed by atoms with Gasteiger partial charge in [-0.2, -0.15) is 0 Å². The summed E-state index contributed by atoms with van der Waals surface area (Å²) in [7, 11) is -8.08. The van der Waals surface area contributed by atoms with E-state index in [4.69, 9.17) is 33.5 Å². The number of nitrogens with two attached hydrogens (primary N) is 2. The van der Waals surface area contributed by atoms with Gasteiger partial charge in [-0.15, -0.1) is 0 Å². The molecule has 3 fully saturated rings. The molecule has 47 heavy (non-hydrogen) atoms. The van der Waals surface area contributed by atoms with Gasteiger partial charge in [0, 0.05) is 30.4 Å². The van der Waals surface area contributed by atoms with Gasteiger partial charge in [0.15, 0.2) is 0 Å². The Morgan fingerprint density at radius 2 is 1.38 bits per heavy atom. The summed E-state index contributed by atoms with van der Waals surface area (Å²) in [4.78, 5) is 24.2. The van der Waals surface area contributed by atoms with Gasteiger partial charge < -0.3 is 10.4 Å². The van der Waals surface area contributed by atoms with Crippen molar-refractivity contribution in [2.45, 2.75) is 42.9 Å². The third-order valence-electron chi connectivity index (χ3n) is 9.22. The van der Waals surface area contributed by atoms with Gasteiger partial charge in [0.25, 0.3) is 11.8 Å². The van der Waals surface area contributed by atoms with Gasteiger partial charge in [-0.25, -0.2) is 32.1 Å². The first kappa shape index (κ1) is 35.1. The van der Waals surface area contributed by atoms with Crippen molar-refractivity contribution in [3.05, 3.63) is 80.8 Å². The minimum absolute atomic E-state index is 0.0151. The number of rotatable bonds is 6. The van der Waals surface area contributed by atoms with Gasteiger partial charge >= 0.3 is 0 Å². The van der Waals surface area contributed by atoms with Crippen molar-refractivity contribution in [1.29, 1.82) is 0 Å². The Morgan fingerprint density at radius 3 is 1.94 bits per heavy atom. The first-order chi connectivity index (χ1) is 21.9. The van der Waals surface area contributed by atoms with Gasteiger partial charge in [0.1, 0.15) is 15.5 Å². The molecule has 0 aromatic heterocycles. The van der Waals surface area contributed by atoms with Gasteiger partial charge in [-0.1, -0.05) is 41.4 Å². The second-order valence-electron chi connectivity index (χ2n) is 12.3. The smallest absolute Gasteiger partial charge is 0.265 e. The minimum Gasteiger partial charge on any atom is -0.507 e. The number of hydrazine groups is 1. The van der Waals surface area contributed by atoms with E-state index >= 15 is 0 Å². The highest BCUT2D eigenvalue weighted by Gasteiger charge is 2.51. The van der Waals surface area contributed by atoms with Crippen molar-refractivity contribution in [3.63, 3.8) is 0 Å². The molecule has 252 valence electrons. The normalized spacial score (nSPS) is 21.9. The van der Waals surface area contributed by atoms with Crippen LogP contribution in [0, 0.1) is 37.5 Å². The summed E-state index contributed by atoms with van der Waals surface area (Å²) < 4.78 is 46.0. The van der Waals surface area contributed by atoms with Crippen molar-refractivity contribution in [1.82, 2.24) is 10.4 Å². The maximum atomic E-state index is 12.5. The Kier molecular flexibility index (Phi) is 9.96. The average Bonchev–Trinajstić information content (AvgIpc) is 3.69. The zero-order valence-corrected chi connectivity index (χ0v) is 28.7. The van der Waals surface area contributed by atoms with Crippen LogP contribution in [0.15, 0.2) is 58.3 Å². The quantitative estimate of drug-likeness (QED) is 0.249. The number of aromatic hydroxyl groups is 1. The number of halogens is 2. The molecule has 6 rings (SSSR count). The van der Waals surface area contributed by atoms with Gasteiger partial charge in [0.2, 0.25) is 20.0 Å². The maximum absolute atomic E-state index is 12.5. The van der Waals surface area contributed by atoms with Crippen molar-refractivity contribution >= 4 is 60.8 Å². The predicted octanol–water partition coefficient (Wildman–Crippen LogP) is 4.17. The van der Waals surface area contributed by atoms with Gasteiger partial charge in [0.05, 0.1) is 15.6 Å². The molecule has 4 atom stereocenters. The van der Waals surface area contributed by atoms with Crippen molar-refractivity contribution in [2.75, 3.05) is 18.4 Å². The Balaban J connectivity index is 0.000000185. The molecule has 0 radical (unpaired) electrons. The third kappa shape index (κ3) is 7.59. The molecule has 0 spiro atoms. The Hall–Kier alpha value is -3.24. The van der Waals surface area contributed by atoms with E-state index in [9.17, 15) is 31.5 Å². The molecule has 3 aromatic carbocycles. The molecule has 3 aromatic rings. The molecule has 16 heteroatoms. The summed E-state index contributed by atoms with van der Waals surface area (Å²) in [6, 6.07) is 11.5. The van der Waals surface area contributed by atoms with Gasteiger partial charge in [-0.3, -0.25) is 15.0 Å². The Bertz CT molecular complexity index is 1940. The topological polar surface area (TPSA) is 202 Å². The van der Waals surface area contributed by atoms with Crippen LogP contribution in [0.4, 0.5) is 5.69 Å². The van der Waals surface area contributed by atoms with E-state index in [1.165, 1.54) is 37.5 Å². The highest BCUT2D eigenvalue weighted by Crippen LogP contribution is 2.54. The lowest BCUT2D eigenvalue weighted by atomic mass is 9.82. The molecule has 0 unspecified atom stereocenters. The summed E-state index contributed by atoms with van der Waals surface area (Å²) in [6.07, 6.45) is 4.00. The third-order valence-corrected chi connectivity index (χ3v) is 12.0. The number of hydrogen-bond acceptors (Lipinski definition) is 8. The summed E-state index contributed by atoms with van der Waals surface area (Å²) in [6.45, 7) is 5.40. The highest BCUT2D eigenvalue weighted by molar-refractivity contribution is 7.89. The lowest BCUT2D eigenvalue weighted by molar-refractivity contribution is 0.0809. The van der Waals surface area contributed by atoms with Crippen LogP contribution >= 0.6 is 23.2 Å². The van der Waals surface area contributed by atoms with E-state index in [0.29, 0.717) is 17.5 Å². The monoisotopic (exact) mass is 723 g/mol. The second kappa shape index (κ2) is 13.3. The molecular weight excluding hydrogens is 689 g/mol. The number of carbonyl (C=O) groups excluding carboxylic acids is 2. The van der Waals surface area contributed by atoms with E-state index < -0.39 is 36.6 Å². The number of benzene rings is 3. The molecule has 3 aliphatic rings. The molecule has 2 saturated carbocycles. The zero-order valence-electron chi connectivity index (χ0n) is 25.5. The van der Waals surface area contributed by atoms with Crippen LogP contribution < -0.4 is 21.0 Å². The van der Waals surface area contributed by atoms with E-state index in [1.54, 1.807) is 0 Å². The number of sulfonamides is 2. The molecule has 2 aliphatic carbocycles. The lowest BCUT2D eigenvalue weighted by Crippen LogP contribution is -2.41. The first-order valence-electron chi connectivity index (χ1n) is 14.7. The van der Waals surface area contributed by atoms with E-state index in [-0.39, 0.29) is 32.0 Å². The second-order valence-corrected chi connectivity index (χ2v) is 16.1. The van der Waals surface area contributed by atoms with Crippen molar-refractivity contribution in [2.24, 2.45) is 33.9 Å². The number of phenolic OH excluding ortho intramolecular Hbond substituents is 1. The number of para-hydroxylation sites is 1. The van der Waals surface area contributed by atoms with Crippen molar-refractivity contribution < 1.29 is 31.5 Å². The molecule has 2 amide bonds. The van der Waals surface area contributed by atoms with Crippen LogP contribution in [0.25, 0.3) is 0 Å². The number of anilines is 1. The number of aryl methyl sites for hydroxylation is 2. The molecule has 12 nitrogen and oxygen atoms in total. The molecule has 7 N–H and O–H groups in total. The fraction of sp³-hybridized carbons (Fsp3) is 0.355. The highest BCUT2D eigenvalue weighted by atomic mass is 35.5. The summed E-state index contributed by atoms with van der Waals surface area (Å²) in [5.41, 5.74) is 5.16. The number of nitrogens with zero attached hydrogens (tertiary/aromatic N) is 1. The molecule has 1 saturated heterocycles. The lowest BCUT2D eigenvalue weighted by Gasteiger charge is -2.22. The van der Waals surface area contributed by atoms with Crippen LogP contribution in [-0.2, 0) is 20.0 Å². The number of amides is 2. The molecule has 2 bridgehead atoms. The van der Waals surface area contributed by atoms with Crippen LogP contribution in [0.5, 0.6) is 5.75 Å². The number of phenols is 1. The Morgan fingerprint density at radius 1 is 0.830 bits per heavy atom. The summed E-state index contributed by atoms with van der Waals surface area (Å²) >= 11 is 11.6. The summed E-state index contributed by atoms with van der Waals surface area (Å²) in [5.74, 6) is 1.57. The predicted molar refractivity (Wildman–Crippen MR) is 178 cm³/mol. The van der Waals surface area contributed by atoms with Crippen LogP contribution in [0.3, 0.4) is 0 Å². The van der Waals surface area contributed by atoms with Crippen LogP contribution in [0.2, 0.25) is 10.0 Å². The average molecular weight is 725 g/mol. The number of carbonyl (C=O) groups is 2. The number of primary sulfonamides is 2. The maximum Gasteiger partial charge on any atom is 0.265 e. The zero-order chi connectivity index (χ0) is 34.4. The Labute approximate surface area is 283 Å². The van der Waals surface area contributed by atoms with E-state index in [0.717, 1.165) is 48.2 Å². The fourth-order valence-electron chi connectivity index (χ4n) is 6.98. The minimum atomic E-state index is -4.12. The fourth-order valence-corrected chi connectivity index (χ4v) is 9.14. The summed E-state index contributed by atoms with van der Waals surface area (Å²) in [5, 5.41) is 24.5. The molecular formula is C31H35Cl2N5O7S2. The molecule has 1 heterocycles. The van der Waals surface area contributed by atoms with E-state index in [1.807, 2.05) is 37.1 Å². The van der Waals surface area contributed by atoms with Crippen LogP contribution in [0.1, 0.15) is 51.1 Å². The number of fused-ring (bicyclic) bond motifs is 5. The standard InChI is InChI=1S/C16H20ClN3O3S.C15H15ClN2O4S/c17-14-4-3-11(6-15(14)24(18,22)23)16(21)19-20-7-12-9-1-2-10(5-9)13(12)8-20;1-8-4-3-5-9(2)14(8)18-15(20)10-6-13(23(17,21)22)11(16)7-12(10)19/h3-4,6,9-10,12-13H,1-2,5,7-8H2,(H,19,21)(H2,18,22,23);3-7,19H,1-2H3,(H,18,20)(H2,17,21,22)/t9-,10+,12+,13-;. The number of hydrogen-bond donors (Lipinski definition) is 5. The first-order valence-corrected chi connectivity index (χ1v) is 18.6. The van der Waals surface area contributed by atoms with Gasteiger partial charge in [-0.05, 0) is 92.2 Å². The van der Waals surface area contributed by atoms with Crippen molar-refractivity contribution in [3.8, 4) is 5.75 Å².